The number of ether oxygens (including phenoxy) is 1. The van der Waals surface area contributed by atoms with E-state index in [-0.39, 0.29) is 5.91 Å². The van der Waals surface area contributed by atoms with Crippen LogP contribution in [-0.2, 0) is 11.2 Å². The molecule has 0 unspecified atom stereocenters. The molecule has 0 aliphatic rings. The van der Waals surface area contributed by atoms with Crippen LogP contribution in [0.25, 0.3) is 0 Å². The molecule has 0 saturated carbocycles. The summed E-state index contributed by atoms with van der Waals surface area (Å²) in [5.41, 5.74) is 2.49. The molecule has 132 valence electrons. The maximum Gasteiger partial charge on any atom is 0.228 e. The van der Waals surface area contributed by atoms with Gasteiger partial charge >= 0.3 is 0 Å². The number of anilines is 3. The molecule has 2 N–H and O–H groups in total. The fraction of sp³-hybridized carbons (Fsp3) is 0.143. The van der Waals surface area contributed by atoms with Crippen LogP contribution in [0.4, 0.5) is 17.2 Å². The standard InChI is InChI=1S/C21H21N3O2/c1-2-26-19-11-7-6-10-18(19)24-20-13-12-17(15-22-20)23-21(25)14-16-8-4-3-5-9-16/h3-13,15H,2,14H2,1H3,(H,22,24)(H,23,25). The molecule has 5 heteroatoms. The number of nitrogens with one attached hydrogen (secondary N) is 2. The highest BCUT2D eigenvalue weighted by atomic mass is 16.5. The van der Waals surface area contributed by atoms with Crippen molar-refractivity contribution in [3.05, 3.63) is 78.5 Å². The molecule has 0 radical (unpaired) electrons. The molecule has 0 saturated heterocycles. The average Bonchev–Trinajstić information content (AvgIpc) is 2.66. The van der Waals surface area contributed by atoms with Gasteiger partial charge in [0.05, 0.1) is 30.6 Å². The molecule has 1 amide bonds. The number of carbonyl (C=O) groups is 1. The molecule has 3 aromatic rings. The van der Waals surface area contributed by atoms with Crippen molar-refractivity contribution < 1.29 is 9.53 Å². The number of aromatic nitrogens is 1. The van der Waals surface area contributed by atoms with E-state index in [1.54, 1.807) is 6.20 Å². The van der Waals surface area contributed by atoms with Crippen molar-refractivity contribution in [3.8, 4) is 5.75 Å². The normalized spacial score (nSPS) is 10.2. The van der Waals surface area contributed by atoms with Gasteiger partial charge in [-0.3, -0.25) is 4.79 Å². The number of amides is 1. The van der Waals surface area contributed by atoms with Gasteiger partial charge in [0.25, 0.3) is 0 Å². The number of rotatable bonds is 7. The first kappa shape index (κ1) is 17.5. The molecule has 0 bridgehead atoms. The number of hydrogen-bond donors (Lipinski definition) is 2. The number of para-hydroxylation sites is 2. The number of carbonyl (C=O) groups excluding carboxylic acids is 1. The fourth-order valence-corrected chi connectivity index (χ4v) is 2.52. The van der Waals surface area contributed by atoms with Crippen molar-refractivity contribution in [3.63, 3.8) is 0 Å². The Labute approximate surface area is 153 Å². The van der Waals surface area contributed by atoms with Crippen LogP contribution in [0.15, 0.2) is 72.9 Å². The van der Waals surface area contributed by atoms with E-state index in [0.29, 0.717) is 24.5 Å². The Bertz CT molecular complexity index is 849. The van der Waals surface area contributed by atoms with E-state index >= 15 is 0 Å². The third-order valence-electron chi connectivity index (χ3n) is 3.70. The maximum absolute atomic E-state index is 12.1. The van der Waals surface area contributed by atoms with Gasteiger partial charge in [-0.25, -0.2) is 4.98 Å². The average molecular weight is 347 g/mol. The number of benzene rings is 2. The van der Waals surface area contributed by atoms with Crippen LogP contribution in [0.5, 0.6) is 5.75 Å². The van der Waals surface area contributed by atoms with Crippen LogP contribution >= 0.6 is 0 Å². The van der Waals surface area contributed by atoms with Crippen LogP contribution in [-0.4, -0.2) is 17.5 Å². The van der Waals surface area contributed by atoms with Gasteiger partial charge in [0, 0.05) is 0 Å². The summed E-state index contributed by atoms with van der Waals surface area (Å²) < 4.78 is 5.59. The Kier molecular flexibility index (Phi) is 5.83. The quantitative estimate of drug-likeness (QED) is 0.665. The van der Waals surface area contributed by atoms with Gasteiger partial charge < -0.3 is 15.4 Å². The molecule has 0 aliphatic carbocycles. The van der Waals surface area contributed by atoms with Gasteiger partial charge in [-0.1, -0.05) is 42.5 Å². The second kappa shape index (κ2) is 8.67. The molecule has 0 fully saturated rings. The van der Waals surface area contributed by atoms with Crippen molar-refractivity contribution in [1.82, 2.24) is 4.98 Å². The summed E-state index contributed by atoms with van der Waals surface area (Å²) in [5.74, 6) is 1.38. The zero-order valence-corrected chi connectivity index (χ0v) is 14.6. The maximum atomic E-state index is 12.1. The van der Waals surface area contributed by atoms with Crippen LogP contribution in [0.3, 0.4) is 0 Å². The Balaban J connectivity index is 1.61. The van der Waals surface area contributed by atoms with Gasteiger partial charge in [-0.05, 0) is 36.8 Å². The highest BCUT2D eigenvalue weighted by Gasteiger charge is 2.06. The first-order valence-corrected chi connectivity index (χ1v) is 8.53. The van der Waals surface area contributed by atoms with E-state index < -0.39 is 0 Å². The van der Waals surface area contributed by atoms with Crippen molar-refractivity contribution in [2.24, 2.45) is 0 Å². The van der Waals surface area contributed by atoms with Crippen LogP contribution in [0, 0.1) is 0 Å². The van der Waals surface area contributed by atoms with Gasteiger partial charge in [0.2, 0.25) is 5.91 Å². The molecule has 0 spiro atoms. The number of nitrogens with zero attached hydrogens (tertiary/aromatic N) is 1. The van der Waals surface area contributed by atoms with Crippen molar-refractivity contribution in [2.45, 2.75) is 13.3 Å². The van der Waals surface area contributed by atoms with Crippen LogP contribution in [0.2, 0.25) is 0 Å². The van der Waals surface area contributed by atoms with Crippen molar-refractivity contribution >= 4 is 23.1 Å². The van der Waals surface area contributed by atoms with E-state index in [9.17, 15) is 4.79 Å². The predicted molar refractivity (Wildman–Crippen MR) is 104 cm³/mol. The molecule has 26 heavy (non-hydrogen) atoms. The lowest BCUT2D eigenvalue weighted by Crippen LogP contribution is -2.14. The third-order valence-corrected chi connectivity index (χ3v) is 3.70. The Morgan fingerprint density at radius 2 is 1.77 bits per heavy atom. The molecular weight excluding hydrogens is 326 g/mol. The number of hydrogen-bond acceptors (Lipinski definition) is 4. The first-order chi connectivity index (χ1) is 12.7. The van der Waals surface area contributed by atoms with Gasteiger partial charge in [0.15, 0.2) is 0 Å². The molecule has 0 atom stereocenters. The summed E-state index contributed by atoms with van der Waals surface area (Å²) in [4.78, 5) is 16.5. The minimum Gasteiger partial charge on any atom is -0.492 e. The van der Waals surface area contributed by atoms with E-state index in [4.69, 9.17) is 4.74 Å². The smallest absolute Gasteiger partial charge is 0.228 e. The summed E-state index contributed by atoms with van der Waals surface area (Å²) in [7, 11) is 0. The van der Waals surface area contributed by atoms with Gasteiger partial charge in [-0.15, -0.1) is 0 Å². The molecule has 1 aromatic heterocycles. The Morgan fingerprint density at radius 3 is 2.50 bits per heavy atom. The first-order valence-electron chi connectivity index (χ1n) is 8.53. The lowest BCUT2D eigenvalue weighted by atomic mass is 10.1. The molecule has 0 aliphatic heterocycles. The minimum atomic E-state index is -0.0691. The third kappa shape index (κ3) is 4.83. The second-order valence-electron chi connectivity index (χ2n) is 5.70. The predicted octanol–water partition coefficient (Wildman–Crippen LogP) is 4.41. The largest absolute Gasteiger partial charge is 0.492 e. The zero-order valence-electron chi connectivity index (χ0n) is 14.6. The Hall–Kier alpha value is -3.34. The lowest BCUT2D eigenvalue weighted by Gasteiger charge is -2.12. The molecule has 3 rings (SSSR count). The van der Waals surface area contributed by atoms with E-state index in [2.05, 4.69) is 15.6 Å². The van der Waals surface area contributed by atoms with Gasteiger partial charge in [-0.2, -0.15) is 0 Å². The fourth-order valence-electron chi connectivity index (χ4n) is 2.52. The SMILES string of the molecule is CCOc1ccccc1Nc1ccc(NC(=O)Cc2ccccc2)cn1. The summed E-state index contributed by atoms with van der Waals surface area (Å²) in [6.07, 6.45) is 1.97. The van der Waals surface area contributed by atoms with E-state index in [0.717, 1.165) is 17.0 Å². The summed E-state index contributed by atoms with van der Waals surface area (Å²) >= 11 is 0. The lowest BCUT2D eigenvalue weighted by molar-refractivity contribution is -0.115. The highest BCUT2D eigenvalue weighted by Crippen LogP contribution is 2.26. The summed E-state index contributed by atoms with van der Waals surface area (Å²) in [5, 5.41) is 6.09. The second-order valence-corrected chi connectivity index (χ2v) is 5.70. The van der Waals surface area contributed by atoms with E-state index in [1.807, 2.05) is 73.7 Å². The van der Waals surface area contributed by atoms with Crippen LogP contribution < -0.4 is 15.4 Å². The minimum absolute atomic E-state index is 0.0691. The number of pyridine rings is 1. The van der Waals surface area contributed by atoms with Crippen molar-refractivity contribution in [1.29, 1.82) is 0 Å². The van der Waals surface area contributed by atoms with Crippen LogP contribution in [0.1, 0.15) is 12.5 Å². The van der Waals surface area contributed by atoms with Crippen molar-refractivity contribution in [2.75, 3.05) is 17.2 Å². The summed E-state index contributed by atoms with van der Waals surface area (Å²) in [6.45, 7) is 2.54. The highest BCUT2D eigenvalue weighted by molar-refractivity contribution is 5.92. The zero-order chi connectivity index (χ0) is 18.2. The molecule has 5 nitrogen and oxygen atoms in total. The van der Waals surface area contributed by atoms with E-state index in [1.165, 1.54) is 0 Å². The molecular formula is C21H21N3O2. The molecule has 2 aromatic carbocycles. The van der Waals surface area contributed by atoms with Gasteiger partial charge in [0.1, 0.15) is 11.6 Å². The summed E-state index contributed by atoms with van der Waals surface area (Å²) in [6, 6.07) is 21.0. The molecule has 1 heterocycles. The topological polar surface area (TPSA) is 63.2 Å². The monoisotopic (exact) mass is 347 g/mol. The Morgan fingerprint density at radius 1 is 1.00 bits per heavy atom.